The number of hydrogen-bond donors (Lipinski definition) is 2. The fourth-order valence-corrected chi connectivity index (χ4v) is 1.37. The molecule has 1 fully saturated rings. The molecule has 0 atom stereocenters. The quantitative estimate of drug-likeness (QED) is 0.541. The SMILES string of the molecule is NNc1ccc(N2CCOC2=O)cc1. The van der Waals surface area contributed by atoms with Crippen molar-refractivity contribution in [1.82, 2.24) is 0 Å². The lowest BCUT2D eigenvalue weighted by Crippen LogP contribution is -2.23. The van der Waals surface area contributed by atoms with Gasteiger partial charge in [0.05, 0.1) is 6.54 Å². The maximum Gasteiger partial charge on any atom is 0.414 e. The number of carbonyl (C=O) groups is 1. The summed E-state index contributed by atoms with van der Waals surface area (Å²) in [4.78, 5) is 12.8. The molecule has 14 heavy (non-hydrogen) atoms. The largest absolute Gasteiger partial charge is 0.447 e. The van der Waals surface area contributed by atoms with Crippen molar-refractivity contribution in [3.8, 4) is 0 Å². The number of nitrogens with zero attached hydrogens (tertiary/aromatic N) is 1. The summed E-state index contributed by atoms with van der Waals surface area (Å²) in [6.07, 6.45) is -0.293. The Hall–Kier alpha value is -1.75. The topological polar surface area (TPSA) is 67.6 Å². The number of ether oxygens (including phenoxy) is 1. The Bertz CT molecular complexity index is 336. The number of anilines is 2. The van der Waals surface area contributed by atoms with E-state index in [2.05, 4.69) is 5.43 Å². The second-order valence-electron chi connectivity index (χ2n) is 2.96. The monoisotopic (exact) mass is 193 g/mol. The van der Waals surface area contributed by atoms with E-state index in [-0.39, 0.29) is 6.09 Å². The van der Waals surface area contributed by atoms with Crippen molar-refractivity contribution in [2.75, 3.05) is 23.5 Å². The summed E-state index contributed by atoms with van der Waals surface area (Å²) in [5.74, 6) is 5.23. The van der Waals surface area contributed by atoms with Gasteiger partial charge in [-0.15, -0.1) is 0 Å². The number of nitrogen functional groups attached to an aromatic ring is 1. The first-order chi connectivity index (χ1) is 6.81. The van der Waals surface area contributed by atoms with Crippen LogP contribution in [0.5, 0.6) is 0 Å². The molecule has 0 aromatic heterocycles. The third-order valence-electron chi connectivity index (χ3n) is 2.11. The number of benzene rings is 1. The lowest BCUT2D eigenvalue weighted by atomic mass is 10.2. The molecule has 1 aromatic rings. The van der Waals surface area contributed by atoms with Gasteiger partial charge in [0.2, 0.25) is 0 Å². The van der Waals surface area contributed by atoms with Crippen LogP contribution in [-0.2, 0) is 4.74 Å². The van der Waals surface area contributed by atoms with Gasteiger partial charge in [-0.25, -0.2) is 4.79 Å². The van der Waals surface area contributed by atoms with E-state index in [0.717, 1.165) is 11.4 Å². The Morgan fingerprint density at radius 1 is 1.36 bits per heavy atom. The fourth-order valence-electron chi connectivity index (χ4n) is 1.37. The van der Waals surface area contributed by atoms with Crippen LogP contribution in [-0.4, -0.2) is 19.2 Å². The Morgan fingerprint density at radius 3 is 2.57 bits per heavy atom. The summed E-state index contributed by atoms with van der Waals surface area (Å²) >= 11 is 0. The van der Waals surface area contributed by atoms with Crippen LogP contribution in [0.15, 0.2) is 24.3 Å². The summed E-state index contributed by atoms with van der Waals surface area (Å²) in [6.45, 7) is 1.06. The Labute approximate surface area is 81.4 Å². The second kappa shape index (κ2) is 3.55. The number of carbonyl (C=O) groups excluding carboxylic acids is 1. The number of hydrazine groups is 1. The predicted octanol–water partition coefficient (Wildman–Crippen LogP) is 0.929. The first kappa shape index (κ1) is 8.83. The van der Waals surface area contributed by atoms with Gasteiger partial charge in [0.1, 0.15) is 6.61 Å². The minimum atomic E-state index is -0.293. The van der Waals surface area contributed by atoms with Crippen molar-refractivity contribution in [1.29, 1.82) is 0 Å². The van der Waals surface area contributed by atoms with Crippen LogP contribution in [0.3, 0.4) is 0 Å². The summed E-state index contributed by atoms with van der Waals surface area (Å²) in [5, 5.41) is 0. The minimum Gasteiger partial charge on any atom is -0.447 e. The van der Waals surface area contributed by atoms with Gasteiger partial charge in [0.25, 0.3) is 0 Å². The molecule has 74 valence electrons. The molecular formula is C9H11N3O2. The Balaban J connectivity index is 2.20. The molecule has 1 saturated heterocycles. The van der Waals surface area contributed by atoms with E-state index in [1.54, 1.807) is 17.0 Å². The Kier molecular flexibility index (Phi) is 2.24. The second-order valence-corrected chi connectivity index (χ2v) is 2.96. The molecule has 0 radical (unpaired) electrons. The fraction of sp³-hybridized carbons (Fsp3) is 0.222. The maximum absolute atomic E-state index is 11.2. The molecule has 1 aromatic carbocycles. The van der Waals surface area contributed by atoms with Crippen LogP contribution >= 0.6 is 0 Å². The van der Waals surface area contributed by atoms with Crippen molar-refractivity contribution in [2.24, 2.45) is 5.84 Å². The molecule has 2 rings (SSSR count). The zero-order valence-corrected chi connectivity index (χ0v) is 7.56. The highest BCUT2D eigenvalue weighted by atomic mass is 16.6. The molecule has 1 amide bonds. The van der Waals surface area contributed by atoms with Crippen LogP contribution in [0.1, 0.15) is 0 Å². The number of cyclic esters (lactones) is 1. The summed E-state index contributed by atoms with van der Waals surface area (Å²) in [7, 11) is 0. The van der Waals surface area contributed by atoms with Crippen LogP contribution < -0.4 is 16.2 Å². The molecule has 1 heterocycles. The molecule has 3 N–H and O–H groups in total. The van der Waals surface area contributed by atoms with E-state index in [1.807, 2.05) is 12.1 Å². The van der Waals surface area contributed by atoms with Gasteiger partial charge in [-0.3, -0.25) is 10.7 Å². The highest BCUT2D eigenvalue weighted by Gasteiger charge is 2.22. The van der Waals surface area contributed by atoms with E-state index in [9.17, 15) is 4.79 Å². The lowest BCUT2D eigenvalue weighted by molar-refractivity contribution is 0.181. The zero-order valence-electron chi connectivity index (χ0n) is 7.56. The number of nitrogens with two attached hydrogens (primary N) is 1. The lowest BCUT2D eigenvalue weighted by Gasteiger charge is -2.12. The first-order valence-corrected chi connectivity index (χ1v) is 4.32. The molecular weight excluding hydrogens is 182 g/mol. The highest BCUT2D eigenvalue weighted by Crippen LogP contribution is 2.20. The van der Waals surface area contributed by atoms with Crippen LogP contribution in [0.4, 0.5) is 16.2 Å². The van der Waals surface area contributed by atoms with Gasteiger partial charge in [0.15, 0.2) is 0 Å². The summed E-state index contributed by atoms with van der Waals surface area (Å²) < 4.78 is 4.82. The number of rotatable bonds is 2. The van der Waals surface area contributed by atoms with Crippen molar-refractivity contribution < 1.29 is 9.53 Å². The summed E-state index contributed by atoms with van der Waals surface area (Å²) in [6, 6.07) is 7.26. The molecule has 5 nitrogen and oxygen atoms in total. The molecule has 1 aliphatic rings. The zero-order chi connectivity index (χ0) is 9.97. The van der Waals surface area contributed by atoms with Crippen LogP contribution in [0, 0.1) is 0 Å². The number of nitrogens with one attached hydrogen (secondary N) is 1. The van der Waals surface area contributed by atoms with Gasteiger partial charge in [0, 0.05) is 11.4 Å². The molecule has 0 spiro atoms. The maximum atomic E-state index is 11.2. The van der Waals surface area contributed by atoms with Gasteiger partial charge in [-0.05, 0) is 24.3 Å². The number of hydrogen-bond acceptors (Lipinski definition) is 4. The normalized spacial score (nSPS) is 15.5. The molecule has 0 aliphatic carbocycles. The van der Waals surface area contributed by atoms with Crippen molar-refractivity contribution in [3.63, 3.8) is 0 Å². The average Bonchev–Trinajstić information content (AvgIpc) is 2.65. The van der Waals surface area contributed by atoms with Crippen LogP contribution in [0.2, 0.25) is 0 Å². The van der Waals surface area contributed by atoms with E-state index in [0.29, 0.717) is 13.2 Å². The van der Waals surface area contributed by atoms with E-state index in [1.165, 1.54) is 0 Å². The van der Waals surface area contributed by atoms with Crippen LogP contribution in [0.25, 0.3) is 0 Å². The Morgan fingerprint density at radius 2 is 2.07 bits per heavy atom. The smallest absolute Gasteiger partial charge is 0.414 e. The first-order valence-electron chi connectivity index (χ1n) is 4.32. The van der Waals surface area contributed by atoms with Gasteiger partial charge in [-0.2, -0.15) is 0 Å². The van der Waals surface area contributed by atoms with Gasteiger partial charge >= 0.3 is 6.09 Å². The van der Waals surface area contributed by atoms with Crippen molar-refractivity contribution in [3.05, 3.63) is 24.3 Å². The molecule has 5 heteroatoms. The van der Waals surface area contributed by atoms with Crippen molar-refractivity contribution >= 4 is 17.5 Å². The van der Waals surface area contributed by atoms with E-state index >= 15 is 0 Å². The van der Waals surface area contributed by atoms with Gasteiger partial charge < -0.3 is 10.2 Å². The standard InChI is InChI=1S/C9H11N3O2/c10-11-7-1-3-8(4-2-7)12-5-6-14-9(12)13/h1-4,11H,5-6,10H2. The number of amides is 1. The van der Waals surface area contributed by atoms with Crippen molar-refractivity contribution in [2.45, 2.75) is 0 Å². The molecule has 0 bridgehead atoms. The predicted molar refractivity (Wildman–Crippen MR) is 52.9 cm³/mol. The minimum absolute atomic E-state index is 0.293. The molecule has 0 unspecified atom stereocenters. The third-order valence-corrected chi connectivity index (χ3v) is 2.11. The van der Waals surface area contributed by atoms with E-state index in [4.69, 9.17) is 10.6 Å². The van der Waals surface area contributed by atoms with Gasteiger partial charge in [-0.1, -0.05) is 0 Å². The summed E-state index contributed by atoms with van der Waals surface area (Å²) in [5.41, 5.74) is 4.15. The third kappa shape index (κ3) is 1.49. The molecule has 0 saturated carbocycles. The van der Waals surface area contributed by atoms with E-state index < -0.39 is 0 Å². The molecule has 1 aliphatic heterocycles. The highest BCUT2D eigenvalue weighted by molar-refractivity contribution is 5.89. The average molecular weight is 193 g/mol.